The zero-order valence-corrected chi connectivity index (χ0v) is 9.25. The molecule has 0 aliphatic heterocycles. The average molecular weight is 237 g/mol. The Morgan fingerprint density at radius 3 is 2.75 bits per heavy atom. The Kier molecular flexibility index (Phi) is 2.66. The zero-order chi connectivity index (χ0) is 11.7. The molecule has 0 bridgehead atoms. The number of nitrogens with one attached hydrogen (secondary N) is 1. The van der Waals surface area contributed by atoms with Crippen molar-refractivity contribution in [3.63, 3.8) is 0 Å². The van der Waals surface area contributed by atoms with Crippen LogP contribution < -0.4 is 0 Å². The lowest BCUT2D eigenvalue weighted by molar-refractivity contribution is 0.0691. The number of hydrogen-bond donors (Lipinski definition) is 2. The molecule has 0 saturated carbocycles. The number of hydrogen-bond acceptors (Lipinski definition) is 2. The molecule has 0 spiro atoms. The Morgan fingerprint density at radius 1 is 1.44 bits per heavy atom. The van der Waals surface area contributed by atoms with E-state index in [1.807, 2.05) is 0 Å². The Balaban J connectivity index is 2.68. The molecule has 2 N–H and O–H groups in total. The number of carbonyl (C=O) groups is 1. The highest BCUT2D eigenvalue weighted by molar-refractivity contribution is 6.33. The van der Waals surface area contributed by atoms with E-state index in [9.17, 15) is 4.79 Å². The van der Waals surface area contributed by atoms with Crippen LogP contribution in [0.4, 0.5) is 0 Å². The molecule has 0 unspecified atom stereocenters. The molecule has 4 nitrogen and oxygen atoms in total. The first-order valence-electron chi connectivity index (χ1n) is 4.64. The Morgan fingerprint density at radius 2 is 2.12 bits per heavy atom. The van der Waals surface area contributed by atoms with Gasteiger partial charge in [0, 0.05) is 21.8 Å². The molecule has 2 aromatic rings. The van der Waals surface area contributed by atoms with Gasteiger partial charge in [-0.25, -0.2) is 4.79 Å². The highest BCUT2D eigenvalue weighted by atomic mass is 35.5. The maximum Gasteiger partial charge on any atom is 0.357 e. The molecule has 0 aliphatic rings. The van der Waals surface area contributed by atoms with Crippen molar-refractivity contribution < 1.29 is 9.90 Å². The first-order valence-corrected chi connectivity index (χ1v) is 5.02. The van der Waals surface area contributed by atoms with Gasteiger partial charge in [-0.2, -0.15) is 5.10 Å². The molecule has 0 fully saturated rings. The minimum atomic E-state index is -1.07. The third kappa shape index (κ3) is 1.67. The molecule has 0 aliphatic carbocycles. The largest absolute Gasteiger partial charge is 0.476 e. The Bertz CT molecular complexity index is 549. The van der Waals surface area contributed by atoms with Crippen molar-refractivity contribution in [1.29, 1.82) is 0 Å². The van der Waals surface area contributed by atoms with E-state index in [-0.39, 0.29) is 5.69 Å². The van der Waals surface area contributed by atoms with Gasteiger partial charge in [0.15, 0.2) is 5.69 Å². The van der Waals surface area contributed by atoms with Gasteiger partial charge in [-0.15, -0.1) is 0 Å². The molecule has 1 aromatic carbocycles. The van der Waals surface area contributed by atoms with Crippen LogP contribution in [0.2, 0.25) is 5.02 Å². The maximum atomic E-state index is 11.0. The first kappa shape index (κ1) is 10.7. The average Bonchev–Trinajstić information content (AvgIpc) is 2.61. The number of H-pyrrole nitrogens is 1. The van der Waals surface area contributed by atoms with Gasteiger partial charge in [0.2, 0.25) is 0 Å². The first-order chi connectivity index (χ1) is 7.61. The van der Waals surface area contributed by atoms with Crippen molar-refractivity contribution in [2.75, 3.05) is 0 Å². The summed E-state index contributed by atoms with van der Waals surface area (Å²) in [5.74, 6) is -1.07. The van der Waals surface area contributed by atoms with Crippen LogP contribution in [0.1, 0.15) is 16.2 Å². The fourth-order valence-electron chi connectivity index (χ4n) is 1.58. The van der Waals surface area contributed by atoms with Crippen LogP contribution in [0.3, 0.4) is 0 Å². The summed E-state index contributed by atoms with van der Waals surface area (Å²) < 4.78 is 0. The molecule has 82 valence electrons. The number of halogens is 1. The number of rotatable bonds is 2. The number of carboxylic acid groups (broad SMARTS) is 1. The van der Waals surface area contributed by atoms with Crippen LogP contribution >= 0.6 is 11.6 Å². The number of benzene rings is 1. The van der Waals surface area contributed by atoms with Crippen LogP contribution in [0.25, 0.3) is 11.1 Å². The number of carboxylic acids is 1. The summed E-state index contributed by atoms with van der Waals surface area (Å²) in [6, 6.07) is 7.09. The van der Waals surface area contributed by atoms with Crippen molar-refractivity contribution >= 4 is 17.6 Å². The molecule has 16 heavy (non-hydrogen) atoms. The standard InChI is InChI=1S/C11H9ClN2O2/c1-6-9(10(11(15)16)14-13-6)7-4-2-3-5-8(7)12/h2-5H,1H3,(H,13,14)(H,15,16). The van der Waals surface area contributed by atoms with Gasteiger partial charge in [-0.05, 0) is 13.0 Å². The molecular weight excluding hydrogens is 228 g/mol. The summed E-state index contributed by atoms with van der Waals surface area (Å²) in [5.41, 5.74) is 1.89. The third-order valence-electron chi connectivity index (χ3n) is 2.29. The van der Waals surface area contributed by atoms with Gasteiger partial charge in [-0.1, -0.05) is 29.8 Å². The lowest BCUT2D eigenvalue weighted by Gasteiger charge is -2.03. The minimum absolute atomic E-state index is 0.00870. The van der Waals surface area contributed by atoms with Gasteiger partial charge in [0.25, 0.3) is 0 Å². The van der Waals surface area contributed by atoms with Crippen LogP contribution in [-0.4, -0.2) is 21.3 Å². The molecule has 0 saturated heterocycles. The van der Waals surface area contributed by atoms with E-state index in [1.54, 1.807) is 31.2 Å². The fraction of sp³-hybridized carbons (Fsp3) is 0.0909. The molecule has 0 radical (unpaired) electrons. The lowest BCUT2D eigenvalue weighted by atomic mass is 10.0. The van der Waals surface area contributed by atoms with Gasteiger partial charge in [0.1, 0.15) is 0 Å². The normalized spacial score (nSPS) is 10.4. The number of nitrogens with zero attached hydrogens (tertiary/aromatic N) is 1. The SMILES string of the molecule is Cc1[nH]nc(C(=O)O)c1-c1ccccc1Cl. The molecule has 1 heterocycles. The van der Waals surface area contributed by atoms with E-state index in [0.717, 1.165) is 0 Å². The van der Waals surface area contributed by atoms with Crippen molar-refractivity contribution in [3.8, 4) is 11.1 Å². The maximum absolute atomic E-state index is 11.0. The summed E-state index contributed by atoms with van der Waals surface area (Å²) in [6.07, 6.45) is 0. The molecule has 2 rings (SSSR count). The van der Waals surface area contributed by atoms with Crippen LogP contribution in [0.15, 0.2) is 24.3 Å². The Hall–Kier alpha value is -1.81. The van der Waals surface area contributed by atoms with E-state index in [1.165, 1.54) is 0 Å². The van der Waals surface area contributed by atoms with Crippen LogP contribution in [-0.2, 0) is 0 Å². The molecule has 0 atom stereocenters. The predicted molar refractivity (Wildman–Crippen MR) is 60.7 cm³/mol. The molecule has 0 amide bonds. The van der Waals surface area contributed by atoms with Crippen molar-refractivity contribution in [1.82, 2.24) is 10.2 Å². The molecule has 5 heteroatoms. The quantitative estimate of drug-likeness (QED) is 0.843. The van der Waals surface area contributed by atoms with Gasteiger partial charge in [0.05, 0.1) is 0 Å². The highest BCUT2D eigenvalue weighted by Crippen LogP contribution is 2.31. The smallest absolute Gasteiger partial charge is 0.357 e. The molecular formula is C11H9ClN2O2. The van der Waals surface area contributed by atoms with Gasteiger partial charge < -0.3 is 5.11 Å². The summed E-state index contributed by atoms with van der Waals surface area (Å²) in [5, 5.41) is 15.9. The monoisotopic (exact) mass is 236 g/mol. The van der Waals surface area contributed by atoms with E-state index < -0.39 is 5.97 Å². The number of aromatic nitrogens is 2. The number of aromatic carboxylic acids is 1. The minimum Gasteiger partial charge on any atom is -0.476 e. The second-order valence-electron chi connectivity index (χ2n) is 3.36. The van der Waals surface area contributed by atoms with Crippen molar-refractivity contribution in [2.24, 2.45) is 0 Å². The summed E-state index contributed by atoms with van der Waals surface area (Å²) >= 11 is 6.03. The summed E-state index contributed by atoms with van der Waals surface area (Å²) in [4.78, 5) is 11.0. The lowest BCUT2D eigenvalue weighted by Crippen LogP contribution is -1.99. The topological polar surface area (TPSA) is 66.0 Å². The van der Waals surface area contributed by atoms with Crippen molar-refractivity contribution in [3.05, 3.63) is 40.7 Å². The van der Waals surface area contributed by atoms with Gasteiger partial charge >= 0.3 is 5.97 Å². The second-order valence-corrected chi connectivity index (χ2v) is 3.76. The molecule has 1 aromatic heterocycles. The number of aryl methyl sites for hydroxylation is 1. The van der Waals surface area contributed by atoms with Crippen molar-refractivity contribution in [2.45, 2.75) is 6.92 Å². The zero-order valence-electron chi connectivity index (χ0n) is 8.49. The summed E-state index contributed by atoms with van der Waals surface area (Å²) in [7, 11) is 0. The van der Waals surface area contributed by atoms with E-state index in [4.69, 9.17) is 16.7 Å². The third-order valence-corrected chi connectivity index (χ3v) is 2.62. The van der Waals surface area contributed by atoms with Crippen LogP contribution in [0, 0.1) is 6.92 Å². The van der Waals surface area contributed by atoms with E-state index in [2.05, 4.69) is 10.2 Å². The van der Waals surface area contributed by atoms with E-state index >= 15 is 0 Å². The predicted octanol–water partition coefficient (Wildman–Crippen LogP) is 2.74. The van der Waals surface area contributed by atoms with E-state index in [0.29, 0.717) is 21.8 Å². The van der Waals surface area contributed by atoms with Crippen LogP contribution in [0.5, 0.6) is 0 Å². The fourth-order valence-corrected chi connectivity index (χ4v) is 1.81. The Labute approximate surface area is 96.9 Å². The number of aromatic amines is 1. The van der Waals surface area contributed by atoms with Gasteiger partial charge in [-0.3, -0.25) is 5.10 Å². The second kappa shape index (κ2) is 3.98. The highest BCUT2D eigenvalue weighted by Gasteiger charge is 2.19. The summed E-state index contributed by atoms with van der Waals surface area (Å²) in [6.45, 7) is 1.76.